The van der Waals surface area contributed by atoms with Crippen molar-refractivity contribution in [3.63, 3.8) is 0 Å². The fourth-order valence-electron chi connectivity index (χ4n) is 3.86. The minimum Gasteiger partial charge on any atom is -0.465 e. The molecule has 3 aromatic heterocycles. The van der Waals surface area contributed by atoms with Crippen LogP contribution in [0.15, 0.2) is 0 Å². The Morgan fingerprint density at radius 1 is 1.17 bits per heavy atom. The van der Waals surface area contributed by atoms with E-state index in [-0.39, 0.29) is 12.3 Å². The van der Waals surface area contributed by atoms with Gasteiger partial charge in [0.25, 0.3) is 0 Å². The Kier molecular flexibility index (Phi) is 4.99. The number of aromatic nitrogens is 3. The number of nitrogens with two attached hydrogens (primary N) is 1. The van der Waals surface area contributed by atoms with E-state index >= 15 is 0 Å². The number of methoxy groups -OCH3 is 1. The van der Waals surface area contributed by atoms with Crippen LogP contribution in [-0.2, 0) is 28.9 Å². The van der Waals surface area contributed by atoms with Gasteiger partial charge in [0.05, 0.1) is 18.1 Å². The van der Waals surface area contributed by atoms with Crippen molar-refractivity contribution in [2.24, 2.45) is 0 Å². The molecule has 0 aliphatic heterocycles. The van der Waals surface area contributed by atoms with Crippen LogP contribution in [0.3, 0.4) is 0 Å². The Bertz CT molecular complexity index is 1130. The van der Waals surface area contributed by atoms with Gasteiger partial charge in [-0.2, -0.15) is 0 Å². The number of aromatic amines is 1. The molecule has 0 amide bonds. The van der Waals surface area contributed by atoms with Gasteiger partial charge in [-0.15, -0.1) is 11.3 Å². The second-order valence-corrected chi connectivity index (χ2v) is 8.19. The van der Waals surface area contributed by atoms with E-state index in [0.29, 0.717) is 28.5 Å². The van der Waals surface area contributed by atoms with Crippen molar-refractivity contribution in [1.29, 1.82) is 0 Å². The first-order valence-electron chi connectivity index (χ1n) is 9.42. The summed E-state index contributed by atoms with van der Waals surface area (Å²) in [5.74, 6) is -0.302. The van der Waals surface area contributed by atoms with E-state index in [1.165, 1.54) is 24.0 Å². The van der Waals surface area contributed by atoms with Gasteiger partial charge in [-0.3, -0.25) is 0 Å². The largest absolute Gasteiger partial charge is 0.465 e. The highest BCUT2D eigenvalue weighted by molar-refractivity contribution is 7.19. The van der Waals surface area contributed by atoms with Crippen LogP contribution in [0.2, 0.25) is 0 Å². The number of H-pyrrole nitrogens is 1. The van der Waals surface area contributed by atoms with E-state index in [2.05, 4.69) is 15.0 Å². The molecule has 0 radical (unpaired) electrons. The average Bonchev–Trinajstić information content (AvgIpc) is 3.22. The normalized spacial score (nSPS) is 13.3. The molecule has 3 N–H and O–H groups in total. The smallest absolute Gasteiger partial charge is 0.355 e. The average molecular weight is 414 g/mol. The lowest BCUT2D eigenvalue weighted by atomic mass is 9.97. The second-order valence-electron chi connectivity index (χ2n) is 7.11. The molecule has 0 saturated heterocycles. The molecule has 0 bridgehead atoms. The molecule has 0 unspecified atom stereocenters. The van der Waals surface area contributed by atoms with Crippen LogP contribution in [0.25, 0.3) is 10.2 Å². The van der Waals surface area contributed by atoms with Crippen molar-refractivity contribution in [1.82, 2.24) is 15.0 Å². The van der Waals surface area contributed by atoms with Crippen molar-refractivity contribution in [3.8, 4) is 0 Å². The number of esters is 2. The van der Waals surface area contributed by atoms with Crippen molar-refractivity contribution in [3.05, 3.63) is 38.8 Å². The number of anilines is 1. The molecule has 152 valence electrons. The van der Waals surface area contributed by atoms with Gasteiger partial charge in [-0.05, 0) is 50.7 Å². The third-order valence-electron chi connectivity index (χ3n) is 5.25. The molecule has 29 heavy (non-hydrogen) atoms. The standard InChI is InChI=1S/C20H22N4O4S/c1-9-14(19(25)27-3)10(2)22-16(9)20(26)28-8-13-23-17(21)15-11-6-4-5-7-12(11)29-18(15)24-13/h22H,4-8H2,1-3H3,(H2,21,23,24). The third-order valence-corrected chi connectivity index (χ3v) is 6.44. The van der Waals surface area contributed by atoms with Crippen LogP contribution < -0.4 is 5.73 Å². The maximum absolute atomic E-state index is 12.5. The van der Waals surface area contributed by atoms with E-state index in [4.69, 9.17) is 15.2 Å². The lowest BCUT2D eigenvalue weighted by Gasteiger charge is -2.10. The van der Waals surface area contributed by atoms with Crippen molar-refractivity contribution in [2.45, 2.75) is 46.1 Å². The number of hydrogen-bond acceptors (Lipinski definition) is 8. The molecule has 1 aliphatic rings. The van der Waals surface area contributed by atoms with Crippen LogP contribution >= 0.6 is 11.3 Å². The highest BCUT2D eigenvalue weighted by Crippen LogP contribution is 2.37. The summed E-state index contributed by atoms with van der Waals surface area (Å²) >= 11 is 1.64. The van der Waals surface area contributed by atoms with Gasteiger partial charge in [0.1, 0.15) is 16.3 Å². The van der Waals surface area contributed by atoms with E-state index in [0.717, 1.165) is 29.5 Å². The summed E-state index contributed by atoms with van der Waals surface area (Å²) < 4.78 is 10.1. The number of aryl methyl sites for hydroxylation is 3. The number of nitrogen functional groups attached to an aromatic ring is 1. The second kappa shape index (κ2) is 7.47. The number of carbonyl (C=O) groups is 2. The molecule has 0 aromatic carbocycles. The fourth-order valence-corrected chi connectivity index (χ4v) is 5.15. The van der Waals surface area contributed by atoms with Crippen molar-refractivity contribution >= 4 is 39.3 Å². The number of nitrogens with one attached hydrogen (secondary N) is 1. The summed E-state index contributed by atoms with van der Waals surface area (Å²) in [7, 11) is 1.30. The van der Waals surface area contributed by atoms with Crippen LogP contribution in [-0.4, -0.2) is 34.0 Å². The predicted molar refractivity (Wildman–Crippen MR) is 109 cm³/mol. The Morgan fingerprint density at radius 3 is 2.69 bits per heavy atom. The quantitative estimate of drug-likeness (QED) is 0.629. The van der Waals surface area contributed by atoms with Gasteiger partial charge in [0, 0.05) is 10.6 Å². The zero-order valence-electron chi connectivity index (χ0n) is 16.5. The maximum Gasteiger partial charge on any atom is 0.355 e. The molecule has 4 rings (SSSR count). The Balaban J connectivity index is 1.56. The Hall–Kier alpha value is -2.94. The van der Waals surface area contributed by atoms with Gasteiger partial charge in [-0.1, -0.05) is 0 Å². The number of nitrogens with zero attached hydrogens (tertiary/aromatic N) is 2. The van der Waals surface area contributed by atoms with E-state index in [1.807, 2.05) is 0 Å². The van der Waals surface area contributed by atoms with Crippen molar-refractivity contribution < 1.29 is 19.1 Å². The SMILES string of the molecule is COC(=O)c1c(C)[nH]c(C(=O)OCc2nc(N)c3c4c(sc3n2)CCCC4)c1C. The number of carbonyl (C=O) groups excluding carboxylic acids is 2. The van der Waals surface area contributed by atoms with Gasteiger partial charge in [-0.25, -0.2) is 19.6 Å². The number of rotatable bonds is 4. The lowest BCUT2D eigenvalue weighted by molar-refractivity contribution is 0.0455. The van der Waals surface area contributed by atoms with Crippen molar-refractivity contribution in [2.75, 3.05) is 12.8 Å². The molecule has 0 atom stereocenters. The fraction of sp³-hybridized carbons (Fsp3) is 0.400. The van der Waals surface area contributed by atoms with E-state index < -0.39 is 11.9 Å². The van der Waals surface area contributed by atoms with Crippen LogP contribution in [0.4, 0.5) is 5.82 Å². The summed E-state index contributed by atoms with van der Waals surface area (Å²) in [5, 5.41) is 0.943. The summed E-state index contributed by atoms with van der Waals surface area (Å²) in [6.45, 7) is 3.27. The van der Waals surface area contributed by atoms with Gasteiger partial charge >= 0.3 is 11.9 Å². The third kappa shape index (κ3) is 3.35. The monoisotopic (exact) mass is 414 g/mol. The van der Waals surface area contributed by atoms with Gasteiger partial charge in [0.15, 0.2) is 12.4 Å². The Morgan fingerprint density at radius 2 is 1.93 bits per heavy atom. The highest BCUT2D eigenvalue weighted by atomic mass is 32.1. The minimum atomic E-state index is -0.589. The predicted octanol–water partition coefficient (Wildman–Crippen LogP) is 3.24. The zero-order chi connectivity index (χ0) is 20.7. The van der Waals surface area contributed by atoms with E-state index in [9.17, 15) is 9.59 Å². The molecule has 0 fully saturated rings. The topological polar surface area (TPSA) is 120 Å². The molecule has 3 aromatic rings. The summed E-state index contributed by atoms with van der Waals surface area (Å²) in [6.07, 6.45) is 4.39. The molecular weight excluding hydrogens is 392 g/mol. The maximum atomic E-state index is 12.5. The summed E-state index contributed by atoms with van der Waals surface area (Å²) in [6, 6.07) is 0. The number of ether oxygens (including phenoxy) is 2. The first-order chi connectivity index (χ1) is 13.9. The van der Waals surface area contributed by atoms with Gasteiger partial charge < -0.3 is 20.2 Å². The Labute approximate surface area is 171 Å². The first-order valence-corrected chi connectivity index (χ1v) is 10.2. The molecule has 3 heterocycles. The lowest BCUT2D eigenvalue weighted by Crippen LogP contribution is -2.10. The zero-order valence-corrected chi connectivity index (χ0v) is 17.4. The van der Waals surface area contributed by atoms with Crippen LogP contribution in [0.1, 0.15) is 61.2 Å². The minimum absolute atomic E-state index is 0.105. The number of fused-ring (bicyclic) bond motifs is 3. The number of hydrogen-bond donors (Lipinski definition) is 2. The van der Waals surface area contributed by atoms with Gasteiger partial charge in [0.2, 0.25) is 0 Å². The molecular formula is C20H22N4O4S. The highest BCUT2D eigenvalue weighted by Gasteiger charge is 2.24. The number of thiophene rings is 1. The van der Waals surface area contributed by atoms with Crippen LogP contribution in [0.5, 0.6) is 0 Å². The molecule has 0 spiro atoms. The summed E-state index contributed by atoms with van der Waals surface area (Å²) in [5.41, 5.74) is 9.05. The molecule has 8 nitrogen and oxygen atoms in total. The van der Waals surface area contributed by atoms with Crippen LogP contribution in [0, 0.1) is 13.8 Å². The summed E-state index contributed by atoms with van der Waals surface area (Å²) in [4.78, 5) is 38.4. The molecule has 9 heteroatoms. The molecule has 1 aliphatic carbocycles. The molecule has 0 saturated carbocycles. The van der Waals surface area contributed by atoms with E-state index in [1.54, 1.807) is 25.2 Å². The first kappa shape index (κ1) is 19.4.